The normalized spacial score (nSPS) is 26.3. The highest BCUT2D eigenvalue weighted by atomic mass is 35.5. The topological polar surface area (TPSA) is 85.3 Å². The van der Waals surface area contributed by atoms with E-state index in [1.807, 2.05) is 0 Å². The molecule has 7 nitrogen and oxygen atoms in total. The second kappa shape index (κ2) is 7.29. The van der Waals surface area contributed by atoms with Crippen molar-refractivity contribution < 1.29 is 23.9 Å². The molecule has 4 atom stereocenters. The number of rotatable bonds is 4. The number of carbonyl (C=O) groups excluding carboxylic acids is 3. The van der Waals surface area contributed by atoms with Crippen molar-refractivity contribution in [3.63, 3.8) is 0 Å². The maximum Gasteiger partial charge on any atom is 0.312 e. The molecule has 0 radical (unpaired) electrons. The number of hydrogen-bond acceptors (Lipinski definition) is 7. The van der Waals surface area contributed by atoms with Gasteiger partial charge in [-0.1, -0.05) is 17.7 Å². The fraction of sp³-hybridized carbons (Fsp3) is 0.333. The molecule has 1 aromatic rings. The summed E-state index contributed by atoms with van der Waals surface area (Å²) in [6, 6.07) is 4.76. The molecule has 3 rings (SSSR count). The number of nitrogens with zero attached hydrogens (tertiary/aromatic N) is 2. The van der Waals surface area contributed by atoms with Crippen LogP contribution in [-0.2, 0) is 19.1 Å². The average molecular weight is 377 g/mol. The summed E-state index contributed by atoms with van der Waals surface area (Å²) in [4.78, 5) is 38.0. The first-order chi connectivity index (χ1) is 12.5. The minimum Gasteiger partial charge on any atom is -0.469 e. The smallest absolute Gasteiger partial charge is 0.312 e. The zero-order valence-electron chi connectivity index (χ0n) is 14.2. The van der Waals surface area contributed by atoms with Gasteiger partial charge in [0, 0.05) is 16.8 Å². The Labute approximate surface area is 155 Å². The van der Waals surface area contributed by atoms with Gasteiger partial charge < -0.3 is 9.47 Å². The van der Waals surface area contributed by atoms with E-state index in [1.54, 1.807) is 36.4 Å². The monoisotopic (exact) mass is 376 g/mol. The molecule has 2 aliphatic rings. The van der Waals surface area contributed by atoms with Gasteiger partial charge in [-0.15, -0.1) is 0 Å². The first kappa shape index (κ1) is 18.1. The van der Waals surface area contributed by atoms with Crippen LogP contribution >= 0.6 is 11.6 Å². The lowest BCUT2D eigenvalue weighted by Crippen LogP contribution is -2.42. The molecule has 0 aliphatic carbocycles. The summed E-state index contributed by atoms with van der Waals surface area (Å²) in [5, 5.41) is 6.19. The van der Waals surface area contributed by atoms with E-state index in [9.17, 15) is 14.4 Å². The van der Waals surface area contributed by atoms with Gasteiger partial charge in [0.1, 0.15) is 12.0 Å². The molecule has 0 unspecified atom stereocenters. The summed E-state index contributed by atoms with van der Waals surface area (Å²) in [6.45, 7) is 0. The van der Waals surface area contributed by atoms with Crippen molar-refractivity contribution in [2.24, 2.45) is 16.9 Å². The molecule has 2 heterocycles. The molecule has 136 valence electrons. The Bertz CT molecular complexity index is 789. The number of fused-ring (bicyclic) bond motifs is 1. The number of hydrazone groups is 1. The Morgan fingerprint density at radius 2 is 1.65 bits per heavy atom. The number of halogens is 1. The molecule has 8 heteroatoms. The number of esters is 2. The quantitative estimate of drug-likeness (QED) is 0.587. The fourth-order valence-electron chi connectivity index (χ4n) is 3.46. The highest BCUT2D eigenvalue weighted by Gasteiger charge is 2.58. The molecular formula is C18H17ClN2O5. The third-order valence-corrected chi connectivity index (χ3v) is 4.88. The van der Waals surface area contributed by atoms with Gasteiger partial charge in [0.25, 0.3) is 0 Å². The maximum atomic E-state index is 13.2. The van der Waals surface area contributed by atoms with E-state index in [0.717, 1.165) is 0 Å². The Hall–Kier alpha value is -2.67. The minimum absolute atomic E-state index is 0.346. The SMILES string of the molecule is COC(=O)[C@@H]1[C@H](C(=O)OC)[C@H](C(=O)c2ccc(Cl)cc2)N2N=CC=C[C@@H]12. The molecule has 0 aromatic heterocycles. The van der Waals surface area contributed by atoms with Crippen LogP contribution in [0, 0.1) is 11.8 Å². The predicted octanol–water partition coefficient (Wildman–Crippen LogP) is 1.71. The van der Waals surface area contributed by atoms with Crippen LogP contribution in [0.5, 0.6) is 0 Å². The highest BCUT2D eigenvalue weighted by molar-refractivity contribution is 6.30. The number of carbonyl (C=O) groups is 3. The second-order valence-corrected chi connectivity index (χ2v) is 6.37. The third kappa shape index (κ3) is 2.99. The van der Waals surface area contributed by atoms with Gasteiger partial charge in [-0.2, -0.15) is 5.10 Å². The van der Waals surface area contributed by atoms with Gasteiger partial charge in [0.15, 0.2) is 5.78 Å². The Morgan fingerprint density at radius 1 is 1.04 bits per heavy atom. The molecule has 0 saturated carbocycles. The number of benzene rings is 1. The van der Waals surface area contributed by atoms with E-state index in [4.69, 9.17) is 21.1 Å². The lowest BCUT2D eigenvalue weighted by atomic mass is 9.84. The van der Waals surface area contributed by atoms with E-state index in [1.165, 1.54) is 25.4 Å². The van der Waals surface area contributed by atoms with Crippen molar-refractivity contribution >= 4 is 35.5 Å². The van der Waals surface area contributed by atoms with Crippen molar-refractivity contribution in [1.82, 2.24) is 5.01 Å². The molecule has 2 aliphatic heterocycles. The molecule has 0 amide bonds. The van der Waals surface area contributed by atoms with Crippen LogP contribution in [0.25, 0.3) is 0 Å². The standard InChI is InChI=1S/C18H17ClN2O5/c1-25-17(23)13-12-4-3-9-20-21(12)15(14(13)18(24)26-2)16(22)10-5-7-11(19)8-6-10/h3-9,12-15H,1-2H3/t12-,13-,14-,15+/m0/s1. The highest BCUT2D eigenvalue weighted by Crippen LogP contribution is 2.40. The van der Waals surface area contributed by atoms with Crippen LogP contribution in [0.2, 0.25) is 5.02 Å². The Kier molecular flexibility index (Phi) is 5.08. The largest absolute Gasteiger partial charge is 0.469 e. The van der Waals surface area contributed by atoms with Crippen molar-refractivity contribution in [2.45, 2.75) is 12.1 Å². The summed E-state index contributed by atoms with van der Waals surface area (Å²) in [7, 11) is 2.46. The number of methoxy groups -OCH3 is 2. The van der Waals surface area contributed by atoms with Crippen molar-refractivity contribution in [3.8, 4) is 0 Å². The van der Waals surface area contributed by atoms with E-state index >= 15 is 0 Å². The van der Waals surface area contributed by atoms with Crippen LogP contribution in [0.3, 0.4) is 0 Å². The summed E-state index contributed by atoms with van der Waals surface area (Å²) in [6.07, 6.45) is 4.90. The summed E-state index contributed by atoms with van der Waals surface area (Å²) in [5.74, 6) is -3.54. The van der Waals surface area contributed by atoms with Crippen LogP contribution in [-0.4, -0.2) is 55.2 Å². The lowest BCUT2D eigenvalue weighted by molar-refractivity contribution is -0.156. The fourth-order valence-corrected chi connectivity index (χ4v) is 3.59. The predicted molar refractivity (Wildman–Crippen MR) is 93.8 cm³/mol. The van der Waals surface area contributed by atoms with E-state index in [-0.39, 0.29) is 5.78 Å². The van der Waals surface area contributed by atoms with Crippen LogP contribution in [0.4, 0.5) is 0 Å². The average Bonchev–Trinajstić information content (AvgIpc) is 3.02. The van der Waals surface area contributed by atoms with Crippen LogP contribution in [0.15, 0.2) is 41.5 Å². The Morgan fingerprint density at radius 3 is 2.27 bits per heavy atom. The number of hydrogen-bond donors (Lipinski definition) is 0. The van der Waals surface area contributed by atoms with Gasteiger partial charge in [-0.25, -0.2) is 0 Å². The first-order valence-electron chi connectivity index (χ1n) is 7.94. The van der Waals surface area contributed by atoms with Gasteiger partial charge in [0.2, 0.25) is 0 Å². The zero-order chi connectivity index (χ0) is 18.8. The zero-order valence-corrected chi connectivity index (χ0v) is 14.9. The first-order valence-corrected chi connectivity index (χ1v) is 8.32. The van der Waals surface area contributed by atoms with E-state index in [2.05, 4.69) is 5.10 Å². The van der Waals surface area contributed by atoms with Crippen molar-refractivity contribution in [1.29, 1.82) is 0 Å². The van der Waals surface area contributed by atoms with Gasteiger partial charge in [-0.05, 0) is 30.3 Å². The molecule has 0 N–H and O–H groups in total. The van der Waals surface area contributed by atoms with E-state index < -0.39 is 35.9 Å². The molecule has 26 heavy (non-hydrogen) atoms. The molecular weight excluding hydrogens is 360 g/mol. The molecule has 1 fully saturated rings. The van der Waals surface area contributed by atoms with Crippen LogP contribution in [0.1, 0.15) is 10.4 Å². The molecule has 1 aromatic carbocycles. The summed E-state index contributed by atoms with van der Waals surface area (Å²) >= 11 is 5.88. The lowest BCUT2D eigenvalue weighted by Gasteiger charge is -2.27. The van der Waals surface area contributed by atoms with Crippen molar-refractivity contribution in [3.05, 3.63) is 47.0 Å². The van der Waals surface area contributed by atoms with Crippen molar-refractivity contribution in [2.75, 3.05) is 14.2 Å². The summed E-state index contributed by atoms with van der Waals surface area (Å²) in [5.41, 5.74) is 0.363. The van der Waals surface area contributed by atoms with Gasteiger partial charge >= 0.3 is 11.9 Å². The molecule has 0 spiro atoms. The number of Topliss-reactive ketones (excluding diaryl/α,β-unsaturated/α-hetero) is 1. The number of ether oxygens (including phenoxy) is 2. The molecule has 1 saturated heterocycles. The number of allylic oxidation sites excluding steroid dienone is 1. The second-order valence-electron chi connectivity index (χ2n) is 5.93. The Balaban J connectivity index is 2.07. The number of ketones is 1. The molecule has 0 bridgehead atoms. The van der Waals surface area contributed by atoms with Crippen LogP contribution < -0.4 is 0 Å². The minimum atomic E-state index is -1.04. The third-order valence-electron chi connectivity index (χ3n) is 4.62. The summed E-state index contributed by atoms with van der Waals surface area (Å²) < 4.78 is 9.75. The van der Waals surface area contributed by atoms with Gasteiger partial charge in [0.05, 0.1) is 26.2 Å². The van der Waals surface area contributed by atoms with E-state index in [0.29, 0.717) is 10.6 Å². The maximum absolute atomic E-state index is 13.2. The van der Waals surface area contributed by atoms with Gasteiger partial charge in [-0.3, -0.25) is 19.4 Å².